The van der Waals surface area contributed by atoms with E-state index in [0.717, 1.165) is 56.5 Å². The van der Waals surface area contributed by atoms with Gasteiger partial charge in [0.15, 0.2) is 0 Å². The van der Waals surface area contributed by atoms with Crippen molar-refractivity contribution in [3.05, 3.63) is 102 Å². The number of nitrogens with one attached hydrogen (secondary N) is 1. The predicted molar refractivity (Wildman–Crippen MR) is 418 cm³/mol. The molecule has 0 aliphatic carbocycles. The number of aromatic nitrogens is 2. The van der Waals surface area contributed by atoms with Crippen molar-refractivity contribution in [3.8, 4) is 58.8 Å². The largest absolute Gasteiger partial charge is 0.307 e. The van der Waals surface area contributed by atoms with Gasteiger partial charge in [-0.25, -0.2) is 9.97 Å². The number of carbonyl (C=O) groups excluding carboxylic acids is 2. The van der Waals surface area contributed by atoms with Crippen LogP contribution in [0.25, 0.3) is 91.4 Å². The maximum atomic E-state index is 13.1. The van der Waals surface area contributed by atoms with E-state index in [9.17, 15) is 9.59 Å². The van der Waals surface area contributed by atoms with Crippen LogP contribution in [0.4, 0.5) is 0 Å². The minimum Gasteiger partial charge on any atom is -0.307 e. The molecule has 11 rings (SSSR count). The molecule has 8 aromatic heterocycles. The number of likely N-dealkylation sites (N-methyl/N-ethyl adjacent to an activating group) is 1. The van der Waals surface area contributed by atoms with Crippen LogP contribution >= 0.6 is 139 Å². The lowest BCUT2D eigenvalue weighted by Gasteiger charge is -2.04. The Morgan fingerprint density at radius 2 is 0.791 bits per heavy atom. The van der Waals surface area contributed by atoms with Gasteiger partial charge in [0, 0.05) is 55.8 Å². The van der Waals surface area contributed by atoms with Gasteiger partial charge in [-0.2, -0.15) is 0 Å². The minimum absolute atomic E-state index is 0.0113. The van der Waals surface area contributed by atoms with Gasteiger partial charge in [0.25, 0.3) is 11.8 Å². The molecule has 2 fully saturated rings. The van der Waals surface area contributed by atoms with Crippen LogP contribution in [0.5, 0.6) is 0 Å². The summed E-state index contributed by atoms with van der Waals surface area (Å²) in [5.41, 5.74) is 7.67. The fraction of sp³-hybridized carbons (Fsp3) is 0.452. The normalized spacial score (nSPS) is 14.7. The fourth-order valence-electron chi connectivity index (χ4n) is 12.0. The lowest BCUT2D eigenvalue weighted by Crippen LogP contribution is -2.22. The van der Waals surface area contributed by atoms with Gasteiger partial charge in [-0.15, -0.1) is 90.7 Å². The van der Waals surface area contributed by atoms with E-state index in [1.165, 1.54) is 258 Å². The molecule has 2 aliphatic heterocycles. The molecule has 18 heteroatoms. The topological polar surface area (TPSA) is 75.2 Å². The zero-order valence-corrected chi connectivity index (χ0v) is 63.1. The first-order valence-electron chi connectivity index (χ1n) is 33.4. The van der Waals surface area contributed by atoms with Gasteiger partial charge < -0.3 is 5.32 Å². The molecular weight excluding hydrogens is 1350 g/mol. The fourth-order valence-corrected chi connectivity index (χ4v) is 23.8. The number of hydrogen-bond donors (Lipinski definition) is 1. The number of thiophene rings is 6. The van der Waals surface area contributed by atoms with E-state index in [1.807, 2.05) is 96.8 Å². The monoisotopic (exact) mass is 1430 g/mol. The summed E-state index contributed by atoms with van der Waals surface area (Å²) in [5, 5.41) is 4.97. The Labute approximate surface area is 591 Å². The molecule has 0 atom stereocenters. The van der Waals surface area contributed by atoms with Gasteiger partial charge in [-0.3, -0.25) is 14.5 Å². The summed E-state index contributed by atoms with van der Waals surface area (Å²) < 4.78 is 3.55. The molecule has 6 nitrogen and oxygen atoms in total. The van der Waals surface area contributed by atoms with Crippen LogP contribution in [-0.4, -0.2) is 42.4 Å². The highest BCUT2D eigenvalue weighted by Crippen LogP contribution is 2.50. The average molecular weight is 1430 g/mol. The highest BCUT2D eigenvalue weighted by atomic mass is 32.2. The van der Waals surface area contributed by atoms with Crippen molar-refractivity contribution in [2.75, 3.05) is 7.05 Å². The van der Waals surface area contributed by atoms with Crippen molar-refractivity contribution in [1.82, 2.24) is 20.2 Å². The second kappa shape index (κ2) is 33.9. The molecule has 1 N–H and O–H groups in total. The number of unbranched alkanes of at least 4 members (excludes halogenated alkanes) is 20. The van der Waals surface area contributed by atoms with E-state index >= 15 is 0 Å². The van der Waals surface area contributed by atoms with Crippen LogP contribution in [0.1, 0.15) is 214 Å². The van der Waals surface area contributed by atoms with E-state index in [2.05, 4.69) is 99.8 Å². The third kappa shape index (κ3) is 17.8. The van der Waals surface area contributed by atoms with Gasteiger partial charge in [0.1, 0.15) is 18.7 Å². The number of carbonyl (C=O) groups is 2. The molecule has 91 heavy (non-hydrogen) atoms. The van der Waals surface area contributed by atoms with Gasteiger partial charge in [-0.05, 0) is 146 Å². The van der Waals surface area contributed by atoms with Gasteiger partial charge in [0.2, 0.25) is 0 Å². The maximum Gasteiger partial charge on any atom is 0.265 e. The number of thioether (sulfide) groups is 2. The Morgan fingerprint density at radius 3 is 1.16 bits per heavy atom. The number of fused-ring (bicyclic) bond motifs is 2. The van der Waals surface area contributed by atoms with E-state index in [-0.39, 0.29) is 11.8 Å². The molecule has 1 aromatic carbocycles. The van der Waals surface area contributed by atoms with Gasteiger partial charge in [0.05, 0.1) is 40.0 Å². The zero-order valence-electron chi connectivity index (χ0n) is 53.3. The lowest BCUT2D eigenvalue weighted by atomic mass is 10.0. The van der Waals surface area contributed by atoms with Crippen LogP contribution < -0.4 is 5.32 Å². The number of rotatable bonds is 36. The third-order valence-electron chi connectivity index (χ3n) is 17.1. The summed E-state index contributed by atoms with van der Waals surface area (Å²) in [7, 11) is 1.77. The van der Waals surface area contributed by atoms with Crippen molar-refractivity contribution < 1.29 is 9.59 Å². The van der Waals surface area contributed by atoms with E-state index in [0.29, 0.717) is 18.5 Å². The number of benzene rings is 1. The van der Waals surface area contributed by atoms with Crippen LogP contribution in [0.3, 0.4) is 0 Å². The molecule has 2 aliphatic rings. The Balaban J connectivity index is 0.867. The molecule has 2 saturated heterocycles. The number of amides is 2. The molecule has 480 valence electrons. The zero-order chi connectivity index (χ0) is 63.2. The summed E-state index contributed by atoms with van der Waals surface area (Å²) in [6.07, 6.45) is 38.6. The molecule has 2 amide bonds. The second-order valence-corrected chi connectivity index (χ2v) is 36.1. The average Bonchev–Trinajstić information content (AvgIpc) is 1.66. The smallest absolute Gasteiger partial charge is 0.265 e. The minimum atomic E-state index is -0.0991. The SMILES string of the molecule is CCCCCCCCc1cc(/C=C2\SC(=S)NC2=O)sc1-c1ccc(-c2sc(-c3nc4cc5nc(-c6cc(CCCCCCCC)c(-c7ccc(-c8sc(/C=C9\SC(=S)N(C)C9=O)cc8CCCCCCCC)s7)s6)sc5cc4s3)cc2CCCCCCCC)s1. The van der Waals surface area contributed by atoms with Crippen molar-refractivity contribution in [1.29, 1.82) is 0 Å². The van der Waals surface area contributed by atoms with Crippen molar-refractivity contribution in [3.63, 3.8) is 0 Å². The maximum absolute atomic E-state index is 13.1. The van der Waals surface area contributed by atoms with Crippen molar-refractivity contribution in [2.45, 2.75) is 207 Å². The Bertz CT molecular complexity index is 3980. The van der Waals surface area contributed by atoms with Gasteiger partial charge >= 0.3 is 0 Å². The number of aryl methyl sites for hydroxylation is 4. The Kier molecular flexibility index (Phi) is 25.7. The first-order chi connectivity index (χ1) is 44.5. The summed E-state index contributed by atoms with van der Waals surface area (Å²) in [4.78, 5) is 55.1. The standard InChI is InChI=1S/C73H84N4O2S12/c1-6-10-14-18-22-26-30-46-38-50(42-60-68(78)76-72(80)90-60)82-64(46)54-34-36-56(84-54)66-48(32-28-24-20-16-12-8-3)40-61(86-66)69-74-52-44-53-59(45-58(52)88-69)89-70(75-53)62-41-49(33-29-25-21-17-13-9-4)67(87-62)57-37-35-55(85-57)65-47(31-27-23-19-15-11-7-2)39-51(83-65)43-63-71(79)77(5)73(81)91-63/h34-45H,6-33H2,1-5H3,(H,76,78,80)/b60-42-,63-43-. The van der Waals surface area contributed by atoms with Crippen molar-refractivity contribution >= 4 is 192 Å². The number of thiazole rings is 2. The molecule has 0 radical (unpaired) electrons. The van der Waals surface area contributed by atoms with Crippen LogP contribution in [0.2, 0.25) is 0 Å². The summed E-state index contributed by atoms with van der Waals surface area (Å²) in [6.45, 7) is 9.15. The summed E-state index contributed by atoms with van der Waals surface area (Å²) >= 11 is 28.5. The van der Waals surface area contributed by atoms with E-state index < -0.39 is 0 Å². The molecule has 0 unspecified atom stereocenters. The van der Waals surface area contributed by atoms with Crippen LogP contribution in [0.15, 0.2) is 70.5 Å². The van der Waals surface area contributed by atoms with E-state index in [4.69, 9.17) is 34.4 Å². The number of thiocarbonyl (C=S) groups is 2. The van der Waals surface area contributed by atoms with Crippen LogP contribution in [-0.2, 0) is 35.3 Å². The molecule has 0 spiro atoms. The Hall–Kier alpha value is -3.50. The lowest BCUT2D eigenvalue weighted by molar-refractivity contribution is -0.121. The molecular formula is C73H84N4O2S12. The van der Waals surface area contributed by atoms with Gasteiger partial charge in [-0.1, -0.05) is 204 Å². The molecule has 9 aromatic rings. The first-order valence-corrected chi connectivity index (χ1v) is 42.4. The van der Waals surface area contributed by atoms with E-state index in [1.54, 1.807) is 11.9 Å². The Morgan fingerprint density at radius 1 is 0.418 bits per heavy atom. The predicted octanol–water partition coefficient (Wildman–Crippen LogP) is 26.2. The number of hydrogen-bond acceptors (Lipinski definition) is 16. The molecule has 0 bridgehead atoms. The number of nitrogens with zero attached hydrogens (tertiary/aromatic N) is 3. The van der Waals surface area contributed by atoms with Crippen molar-refractivity contribution in [2.24, 2.45) is 0 Å². The highest BCUT2D eigenvalue weighted by Gasteiger charge is 2.30. The third-order valence-corrected chi connectivity index (χ3v) is 29.6. The summed E-state index contributed by atoms with van der Waals surface area (Å²) in [5.74, 6) is -0.110. The highest BCUT2D eigenvalue weighted by molar-refractivity contribution is 8.27. The molecule has 0 saturated carbocycles. The molecule has 10 heterocycles. The quantitative estimate of drug-likeness (QED) is 0.0237. The summed E-state index contributed by atoms with van der Waals surface area (Å²) in [6, 6.07) is 23.6. The van der Waals surface area contributed by atoms with Crippen LogP contribution in [0, 0.1) is 0 Å². The first kappa shape index (κ1) is 68.9. The second-order valence-electron chi connectivity index (χ2n) is 24.3.